The Labute approximate surface area is 87.7 Å². The van der Waals surface area contributed by atoms with E-state index in [-0.39, 0.29) is 5.78 Å². The number of thiol groups is 1. The Balaban J connectivity index is 2.54. The Morgan fingerprint density at radius 1 is 1.46 bits per heavy atom. The molecule has 0 saturated carbocycles. The van der Waals surface area contributed by atoms with Gasteiger partial charge < -0.3 is 4.72 Å². The predicted octanol–water partition coefficient (Wildman–Crippen LogP) is 2.62. The first-order valence-corrected chi connectivity index (χ1v) is 5.28. The van der Waals surface area contributed by atoms with Crippen LogP contribution in [0.4, 0.5) is 5.69 Å². The highest BCUT2D eigenvalue weighted by Gasteiger charge is 1.96. The largest absolute Gasteiger partial charge is 0.332 e. The van der Waals surface area contributed by atoms with Crippen LogP contribution >= 0.6 is 24.6 Å². The number of carbonyl (C=O) groups is 1. The third kappa shape index (κ3) is 3.74. The molecule has 4 heteroatoms. The lowest BCUT2D eigenvalue weighted by molar-refractivity contribution is -0.114. The van der Waals surface area contributed by atoms with E-state index in [1.54, 1.807) is 18.7 Å². The molecule has 0 aromatic heterocycles. The Morgan fingerprint density at radius 3 is 2.54 bits per heavy atom. The van der Waals surface area contributed by atoms with Gasteiger partial charge in [0.15, 0.2) is 0 Å². The van der Waals surface area contributed by atoms with Crippen molar-refractivity contribution in [2.75, 3.05) is 10.5 Å². The molecule has 0 bridgehead atoms. The lowest BCUT2D eigenvalue weighted by atomic mass is 10.3. The standard InChI is InChI=1S/C9H11NOS2/c1-7(11)6-13-9-4-2-8(10-12)3-5-9/h2-5,10,12H,6H2,1H3. The first-order chi connectivity index (χ1) is 6.22. The van der Waals surface area contributed by atoms with Crippen LogP contribution in [0.1, 0.15) is 6.92 Å². The highest BCUT2D eigenvalue weighted by molar-refractivity contribution is 8.00. The number of hydrogen-bond acceptors (Lipinski definition) is 4. The normalized spacial score (nSPS) is 9.69. The van der Waals surface area contributed by atoms with Crippen LogP contribution in [0, 0.1) is 0 Å². The van der Waals surface area contributed by atoms with Gasteiger partial charge in [-0.25, -0.2) is 0 Å². The molecule has 1 rings (SSSR count). The molecule has 0 aliphatic rings. The van der Waals surface area contributed by atoms with Crippen molar-refractivity contribution in [3.63, 3.8) is 0 Å². The SMILES string of the molecule is CC(=O)CSc1ccc(NS)cc1. The molecule has 70 valence electrons. The molecule has 0 aliphatic heterocycles. The third-order valence-corrected chi connectivity index (χ3v) is 2.84. The van der Waals surface area contributed by atoms with E-state index in [2.05, 4.69) is 17.5 Å². The summed E-state index contributed by atoms with van der Waals surface area (Å²) in [6.07, 6.45) is 0. The van der Waals surface area contributed by atoms with Crippen molar-refractivity contribution in [1.82, 2.24) is 0 Å². The zero-order chi connectivity index (χ0) is 9.68. The van der Waals surface area contributed by atoms with E-state index in [0.717, 1.165) is 10.6 Å². The first kappa shape index (κ1) is 10.5. The van der Waals surface area contributed by atoms with Crippen LogP contribution in [-0.4, -0.2) is 11.5 Å². The van der Waals surface area contributed by atoms with Crippen molar-refractivity contribution in [2.24, 2.45) is 0 Å². The summed E-state index contributed by atoms with van der Waals surface area (Å²) < 4.78 is 2.74. The fraction of sp³-hybridized carbons (Fsp3) is 0.222. The monoisotopic (exact) mass is 213 g/mol. The van der Waals surface area contributed by atoms with Crippen LogP contribution in [0.15, 0.2) is 29.2 Å². The molecule has 1 aromatic rings. The number of ketones is 1. The molecular weight excluding hydrogens is 202 g/mol. The molecule has 0 spiro atoms. The van der Waals surface area contributed by atoms with E-state index in [1.807, 2.05) is 24.3 Å². The van der Waals surface area contributed by atoms with E-state index in [0.29, 0.717) is 5.75 Å². The molecule has 0 fully saturated rings. The Morgan fingerprint density at radius 2 is 2.08 bits per heavy atom. The molecule has 0 aliphatic carbocycles. The molecule has 0 saturated heterocycles. The molecule has 0 radical (unpaired) electrons. The molecule has 1 aromatic carbocycles. The van der Waals surface area contributed by atoms with Gasteiger partial charge in [0.2, 0.25) is 0 Å². The maximum absolute atomic E-state index is 10.7. The van der Waals surface area contributed by atoms with Gasteiger partial charge in [-0.2, -0.15) is 0 Å². The number of carbonyl (C=O) groups excluding carboxylic acids is 1. The predicted molar refractivity (Wildman–Crippen MR) is 60.5 cm³/mol. The Kier molecular flexibility index (Phi) is 4.18. The number of benzene rings is 1. The molecule has 0 amide bonds. The van der Waals surface area contributed by atoms with Gasteiger partial charge in [-0.15, -0.1) is 11.8 Å². The van der Waals surface area contributed by atoms with Gasteiger partial charge in [-0.05, 0) is 31.2 Å². The average molecular weight is 213 g/mol. The smallest absolute Gasteiger partial charge is 0.140 e. The van der Waals surface area contributed by atoms with E-state index in [9.17, 15) is 4.79 Å². The van der Waals surface area contributed by atoms with Crippen LogP contribution < -0.4 is 4.72 Å². The zero-order valence-corrected chi connectivity index (χ0v) is 8.99. The van der Waals surface area contributed by atoms with Crippen LogP contribution in [0.25, 0.3) is 0 Å². The summed E-state index contributed by atoms with van der Waals surface area (Å²) in [5, 5.41) is 0. The fourth-order valence-corrected chi connectivity index (χ4v) is 1.66. The molecule has 0 heterocycles. The summed E-state index contributed by atoms with van der Waals surface area (Å²) in [6, 6.07) is 7.78. The van der Waals surface area contributed by atoms with Crippen molar-refractivity contribution in [1.29, 1.82) is 0 Å². The topological polar surface area (TPSA) is 29.1 Å². The molecule has 0 unspecified atom stereocenters. The summed E-state index contributed by atoms with van der Waals surface area (Å²) in [5.41, 5.74) is 0.954. The summed E-state index contributed by atoms with van der Waals surface area (Å²) in [5.74, 6) is 0.731. The van der Waals surface area contributed by atoms with Gasteiger partial charge in [-0.1, -0.05) is 12.8 Å². The maximum atomic E-state index is 10.7. The third-order valence-electron chi connectivity index (χ3n) is 1.43. The van der Waals surface area contributed by atoms with E-state index in [4.69, 9.17) is 0 Å². The van der Waals surface area contributed by atoms with Crippen molar-refractivity contribution >= 4 is 36.0 Å². The summed E-state index contributed by atoms with van der Waals surface area (Å²) >= 11 is 5.46. The van der Waals surface area contributed by atoms with Crippen molar-refractivity contribution < 1.29 is 4.79 Å². The van der Waals surface area contributed by atoms with Crippen molar-refractivity contribution in [3.8, 4) is 0 Å². The number of rotatable bonds is 4. The molecule has 1 N–H and O–H groups in total. The second kappa shape index (κ2) is 5.19. The van der Waals surface area contributed by atoms with Gasteiger partial charge in [0.1, 0.15) is 5.78 Å². The van der Waals surface area contributed by atoms with Crippen LogP contribution in [0.5, 0.6) is 0 Å². The lowest BCUT2D eigenvalue weighted by Crippen LogP contribution is -1.92. The number of Topliss-reactive ketones (excluding diaryl/α,β-unsaturated/α-hetero) is 1. The summed E-state index contributed by atoms with van der Waals surface area (Å²) in [7, 11) is 0. The van der Waals surface area contributed by atoms with Gasteiger partial charge in [0.25, 0.3) is 0 Å². The van der Waals surface area contributed by atoms with Gasteiger partial charge in [0.05, 0.1) is 5.75 Å². The molecule has 2 nitrogen and oxygen atoms in total. The summed E-state index contributed by atoms with van der Waals surface area (Å²) in [6.45, 7) is 1.59. The highest BCUT2D eigenvalue weighted by Crippen LogP contribution is 2.20. The van der Waals surface area contributed by atoms with Gasteiger partial charge in [0, 0.05) is 10.6 Å². The molecule has 13 heavy (non-hydrogen) atoms. The van der Waals surface area contributed by atoms with E-state index >= 15 is 0 Å². The Hall–Kier alpha value is -0.610. The maximum Gasteiger partial charge on any atom is 0.140 e. The van der Waals surface area contributed by atoms with Crippen molar-refractivity contribution in [3.05, 3.63) is 24.3 Å². The van der Waals surface area contributed by atoms with Gasteiger partial charge in [-0.3, -0.25) is 4.79 Å². The number of hydrogen-bond donors (Lipinski definition) is 2. The quantitative estimate of drug-likeness (QED) is 0.595. The number of thioether (sulfide) groups is 1. The average Bonchev–Trinajstić information content (AvgIpc) is 2.15. The molecule has 0 atom stereocenters. The number of nitrogens with one attached hydrogen (secondary N) is 1. The first-order valence-electron chi connectivity index (χ1n) is 3.85. The van der Waals surface area contributed by atoms with Crippen LogP contribution in [0.3, 0.4) is 0 Å². The van der Waals surface area contributed by atoms with Crippen molar-refractivity contribution in [2.45, 2.75) is 11.8 Å². The van der Waals surface area contributed by atoms with Gasteiger partial charge >= 0.3 is 0 Å². The highest BCUT2D eigenvalue weighted by atomic mass is 32.2. The minimum atomic E-state index is 0.196. The summed E-state index contributed by atoms with van der Waals surface area (Å²) in [4.78, 5) is 11.8. The second-order valence-corrected chi connectivity index (χ2v) is 3.90. The minimum Gasteiger partial charge on any atom is -0.332 e. The minimum absolute atomic E-state index is 0.196. The van der Waals surface area contributed by atoms with E-state index in [1.165, 1.54) is 0 Å². The Bertz CT molecular complexity index is 284. The van der Waals surface area contributed by atoms with E-state index < -0.39 is 0 Å². The molecular formula is C9H11NOS2. The number of anilines is 1. The second-order valence-electron chi connectivity index (χ2n) is 2.63. The zero-order valence-electron chi connectivity index (χ0n) is 7.28. The lowest BCUT2D eigenvalue weighted by Gasteiger charge is -2.01. The van der Waals surface area contributed by atoms with Crippen LogP contribution in [-0.2, 0) is 4.79 Å². The fourth-order valence-electron chi connectivity index (χ4n) is 0.811. The van der Waals surface area contributed by atoms with Crippen LogP contribution in [0.2, 0.25) is 0 Å².